The Kier molecular flexibility index (Phi) is 12.6. The zero-order valence-corrected chi connectivity index (χ0v) is 20.1. The summed E-state index contributed by atoms with van der Waals surface area (Å²) in [7, 11) is 0. The molecule has 174 valence electrons. The lowest BCUT2D eigenvalue weighted by molar-refractivity contribution is 0.388. The first kappa shape index (κ1) is 25.6. The Morgan fingerprint density at radius 2 is 1.19 bits per heavy atom. The number of rotatable bonds is 17. The summed E-state index contributed by atoms with van der Waals surface area (Å²) >= 11 is 1.39. The molecule has 5 heteroatoms. The molecular formula is C26H41NO3S. The number of nitrogens with zero attached hydrogens (tertiary/aromatic N) is 1. The van der Waals surface area contributed by atoms with Crippen LogP contribution in [0.1, 0.15) is 103 Å². The van der Waals surface area contributed by atoms with E-state index in [1.807, 2.05) is 0 Å². The van der Waals surface area contributed by atoms with Crippen molar-refractivity contribution in [2.75, 3.05) is 5.75 Å². The molecule has 0 radical (unpaired) electrons. The standard InChI is InChI=1S/C26H41NO3S/c1-2-3-4-5-6-7-8-9-10-11-12-13-14-15-16-20-31-26-24(29)22-21(18-17-19-27-22)23(28)25(26)30/h17-19,28-30H,2-16,20H2,1H3. The van der Waals surface area contributed by atoms with Crippen LogP contribution in [0.2, 0.25) is 0 Å². The first-order chi connectivity index (χ1) is 15.2. The van der Waals surface area contributed by atoms with Gasteiger partial charge < -0.3 is 15.3 Å². The molecule has 0 saturated heterocycles. The van der Waals surface area contributed by atoms with Gasteiger partial charge in [-0.05, 0) is 24.3 Å². The molecule has 0 bridgehead atoms. The van der Waals surface area contributed by atoms with Crippen molar-refractivity contribution in [1.82, 2.24) is 4.98 Å². The van der Waals surface area contributed by atoms with Gasteiger partial charge in [0.05, 0.1) is 4.90 Å². The smallest absolute Gasteiger partial charge is 0.175 e. The highest BCUT2D eigenvalue weighted by molar-refractivity contribution is 7.99. The average Bonchev–Trinajstić information content (AvgIpc) is 2.79. The SMILES string of the molecule is CCCCCCCCCCCCCCCCCSc1c(O)c(O)c2cccnc2c1O. The summed E-state index contributed by atoms with van der Waals surface area (Å²) in [6, 6.07) is 3.31. The number of aromatic nitrogens is 1. The molecule has 4 nitrogen and oxygen atoms in total. The van der Waals surface area contributed by atoms with Crippen molar-refractivity contribution < 1.29 is 15.3 Å². The third-order valence-corrected chi connectivity index (χ3v) is 7.10. The van der Waals surface area contributed by atoms with Crippen LogP contribution >= 0.6 is 11.8 Å². The molecule has 2 aromatic rings. The van der Waals surface area contributed by atoms with Crippen LogP contribution < -0.4 is 0 Å². The van der Waals surface area contributed by atoms with Gasteiger partial charge in [-0.2, -0.15) is 0 Å². The number of thioether (sulfide) groups is 1. The second-order valence-electron chi connectivity index (χ2n) is 8.57. The summed E-state index contributed by atoms with van der Waals surface area (Å²) in [6.45, 7) is 2.27. The molecule has 0 saturated carbocycles. The number of fused-ring (bicyclic) bond motifs is 1. The van der Waals surface area contributed by atoms with E-state index in [0.717, 1.165) is 18.6 Å². The number of pyridine rings is 1. The van der Waals surface area contributed by atoms with Crippen LogP contribution in [0.25, 0.3) is 10.9 Å². The third-order valence-electron chi connectivity index (χ3n) is 5.94. The van der Waals surface area contributed by atoms with E-state index >= 15 is 0 Å². The quantitative estimate of drug-likeness (QED) is 0.0983. The Labute approximate surface area is 192 Å². The molecular weight excluding hydrogens is 406 g/mol. The van der Waals surface area contributed by atoms with Gasteiger partial charge in [0.25, 0.3) is 0 Å². The number of hydrogen-bond acceptors (Lipinski definition) is 5. The maximum Gasteiger partial charge on any atom is 0.175 e. The predicted octanol–water partition coefficient (Wildman–Crippen LogP) is 8.32. The second kappa shape index (κ2) is 15.2. The molecule has 0 spiro atoms. The van der Waals surface area contributed by atoms with Crippen LogP contribution in [0.4, 0.5) is 0 Å². The van der Waals surface area contributed by atoms with E-state index in [0.29, 0.717) is 15.8 Å². The zero-order valence-electron chi connectivity index (χ0n) is 19.2. The Hall–Kier alpha value is -1.62. The van der Waals surface area contributed by atoms with E-state index in [1.165, 1.54) is 95.2 Å². The van der Waals surface area contributed by atoms with Gasteiger partial charge >= 0.3 is 0 Å². The van der Waals surface area contributed by atoms with Gasteiger partial charge in [0.2, 0.25) is 0 Å². The summed E-state index contributed by atoms with van der Waals surface area (Å²) in [5, 5.41) is 31.2. The number of aromatic hydroxyl groups is 3. The van der Waals surface area contributed by atoms with Gasteiger partial charge in [0, 0.05) is 11.6 Å². The molecule has 0 fully saturated rings. The lowest BCUT2D eigenvalue weighted by atomic mass is 10.0. The van der Waals surface area contributed by atoms with E-state index in [1.54, 1.807) is 18.3 Å². The molecule has 2 rings (SSSR count). The Morgan fingerprint density at radius 3 is 1.74 bits per heavy atom. The van der Waals surface area contributed by atoms with Gasteiger partial charge in [-0.1, -0.05) is 96.8 Å². The highest BCUT2D eigenvalue weighted by atomic mass is 32.2. The molecule has 1 aromatic heterocycles. The van der Waals surface area contributed by atoms with Crippen molar-refractivity contribution >= 4 is 22.7 Å². The third kappa shape index (κ3) is 8.80. The summed E-state index contributed by atoms with van der Waals surface area (Å²) in [5.74, 6) is 0.303. The minimum Gasteiger partial charge on any atom is -0.504 e. The average molecular weight is 448 g/mol. The maximum absolute atomic E-state index is 10.4. The van der Waals surface area contributed by atoms with E-state index in [9.17, 15) is 15.3 Å². The van der Waals surface area contributed by atoms with Crippen molar-refractivity contribution in [3.8, 4) is 17.2 Å². The molecule has 1 aromatic carbocycles. The zero-order chi connectivity index (χ0) is 22.3. The number of phenolic OH excluding ortho intramolecular Hbond substituents is 3. The second-order valence-corrected chi connectivity index (χ2v) is 9.68. The minimum absolute atomic E-state index is 0.0446. The van der Waals surface area contributed by atoms with Gasteiger partial charge in [0.1, 0.15) is 5.52 Å². The summed E-state index contributed by atoms with van der Waals surface area (Å²) < 4.78 is 0. The van der Waals surface area contributed by atoms with Crippen molar-refractivity contribution in [2.24, 2.45) is 0 Å². The molecule has 0 unspecified atom stereocenters. The molecule has 0 aliphatic heterocycles. The van der Waals surface area contributed by atoms with E-state index in [-0.39, 0.29) is 17.2 Å². The molecule has 0 aliphatic rings. The van der Waals surface area contributed by atoms with Crippen molar-refractivity contribution in [3.05, 3.63) is 18.3 Å². The molecule has 31 heavy (non-hydrogen) atoms. The molecule has 0 aliphatic carbocycles. The van der Waals surface area contributed by atoms with Crippen molar-refractivity contribution in [1.29, 1.82) is 0 Å². The van der Waals surface area contributed by atoms with Crippen LogP contribution in [0.5, 0.6) is 17.2 Å². The fraction of sp³-hybridized carbons (Fsp3) is 0.654. The first-order valence-electron chi connectivity index (χ1n) is 12.3. The molecule has 0 amide bonds. The number of hydrogen-bond donors (Lipinski definition) is 3. The monoisotopic (exact) mass is 447 g/mol. The highest BCUT2D eigenvalue weighted by Gasteiger charge is 2.19. The Morgan fingerprint density at radius 1 is 0.677 bits per heavy atom. The maximum atomic E-state index is 10.4. The lowest BCUT2D eigenvalue weighted by Crippen LogP contribution is -1.88. The summed E-state index contributed by atoms with van der Waals surface area (Å²) in [4.78, 5) is 4.46. The molecule has 3 N–H and O–H groups in total. The van der Waals surface area contributed by atoms with Crippen LogP contribution in [-0.4, -0.2) is 26.1 Å². The fourth-order valence-corrected chi connectivity index (χ4v) is 5.04. The largest absolute Gasteiger partial charge is 0.504 e. The Balaban J connectivity index is 1.50. The summed E-state index contributed by atoms with van der Waals surface area (Å²) in [5.41, 5.74) is 0.330. The van der Waals surface area contributed by atoms with Gasteiger partial charge in [-0.25, -0.2) is 0 Å². The predicted molar refractivity (Wildman–Crippen MR) is 132 cm³/mol. The highest BCUT2D eigenvalue weighted by Crippen LogP contribution is 2.48. The lowest BCUT2D eigenvalue weighted by Gasteiger charge is -2.11. The van der Waals surface area contributed by atoms with Crippen LogP contribution in [0.15, 0.2) is 23.2 Å². The van der Waals surface area contributed by atoms with Crippen molar-refractivity contribution in [2.45, 2.75) is 108 Å². The normalized spacial score (nSPS) is 11.4. The van der Waals surface area contributed by atoms with Crippen LogP contribution in [0.3, 0.4) is 0 Å². The van der Waals surface area contributed by atoms with Crippen LogP contribution in [0, 0.1) is 0 Å². The topological polar surface area (TPSA) is 73.6 Å². The van der Waals surface area contributed by atoms with E-state index < -0.39 is 0 Å². The molecule has 1 heterocycles. The fourth-order valence-electron chi connectivity index (χ4n) is 4.02. The Bertz CT molecular complexity index is 766. The van der Waals surface area contributed by atoms with E-state index in [4.69, 9.17) is 0 Å². The van der Waals surface area contributed by atoms with Crippen LogP contribution in [-0.2, 0) is 0 Å². The van der Waals surface area contributed by atoms with Gasteiger partial charge in [0.15, 0.2) is 17.2 Å². The molecule has 0 atom stereocenters. The summed E-state index contributed by atoms with van der Waals surface area (Å²) in [6.07, 6.45) is 21.5. The van der Waals surface area contributed by atoms with Gasteiger partial charge in [-0.15, -0.1) is 11.8 Å². The number of unbranched alkanes of at least 4 members (excludes halogenated alkanes) is 14. The number of benzene rings is 1. The first-order valence-corrected chi connectivity index (χ1v) is 13.3. The van der Waals surface area contributed by atoms with E-state index in [2.05, 4.69) is 11.9 Å². The van der Waals surface area contributed by atoms with Gasteiger partial charge in [-0.3, -0.25) is 4.98 Å². The minimum atomic E-state index is -0.246. The van der Waals surface area contributed by atoms with Crippen molar-refractivity contribution in [3.63, 3.8) is 0 Å². The number of phenols is 3.